The van der Waals surface area contributed by atoms with E-state index >= 15 is 0 Å². The van der Waals surface area contributed by atoms with Gasteiger partial charge in [0.2, 0.25) is 48.3 Å². The maximum atomic E-state index is 13.0. The average Bonchev–Trinajstić information content (AvgIpc) is 1.83. The summed E-state index contributed by atoms with van der Waals surface area (Å²) >= 11 is 0. The largest absolute Gasteiger partial charge is 0.379 e. The number of primary amides is 1. The Balaban J connectivity index is -0.000000408. The van der Waals surface area contributed by atoms with E-state index in [1.165, 1.54) is 19.3 Å². The number of nitrogens with two attached hydrogens (primary N) is 2. The molecule has 10 N–H and O–H groups in total. The fourth-order valence-corrected chi connectivity index (χ4v) is 10.2. The summed E-state index contributed by atoms with van der Waals surface area (Å²) in [5.74, 6) is -0.914. The number of rotatable bonds is 32. The van der Waals surface area contributed by atoms with Gasteiger partial charge in [-0.25, -0.2) is 4.79 Å². The van der Waals surface area contributed by atoms with E-state index in [4.69, 9.17) is 20.9 Å². The molecule has 95 heavy (non-hydrogen) atoms. The Morgan fingerprint density at radius 1 is 0.695 bits per heavy atom. The van der Waals surface area contributed by atoms with Gasteiger partial charge < -0.3 is 72.3 Å². The van der Waals surface area contributed by atoms with E-state index in [0.29, 0.717) is 43.9 Å². The molecule has 0 bridgehead atoms. The molecule has 2 saturated heterocycles. The zero-order valence-electron chi connectivity index (χ0n) is 63.5. The number of likely N-dealkylation sites (tertiary alicyclic amines) is 2. The molecule has 2 aliphatic heterocycles. The standard InChI is InChI=1S/C27H42N6O6.C19H39N3O3.C10H17NO2.C4H10N2O.3C3H8.C2H6/c1-17(2)24(30-15-34)27(38)29-14-23(36)31-20-9-7-19(8-10-20)12-21(13-28)32-26(37)18(3)25(39-4)22-6-5-11-33(22)16-35;1-10-14(5)18(15(11-2)25-9)22(8)16(23)12-20-19(24)17(13(3)4)21(6)7;1-2-3-10(13)11-6-4-9(8-12)5-7-11;1-2-3-6-4(5)7;3*1-3-2;1-2/h7-10,15-18,21-22,24-25H,5-6,11-14,28H2,1-4H3,(H,29,38)(H,30,34)(H,31,36)(H,32,37);13-15,17-18H,10-12H2,1-9H3,(H,20,24);8-9H,2-7H2,1H3;2-3H2,1H3,(H3,5,6,7);3*3H2,1-2H3;1-2H3. The van der Waals surface area contributed by atoms with E-state index in [1.807, 2.05) is 77.6 Å². The van der Waals surface area contributed by atoms with Gasteiger partial charge in [0.25, 0.3) is 0 Å². The van der Waals surface area contributed by atoms with Gasteiger partial charge in [-0.2, -0.15) is 0 Å². The first-order valence-electron chi connectivity index (χ1n) is 35.1. The van der Waals surface area contributed by atoms with E-state index in [0.717, 1.165) is 82.7 Å². The maximum Gasteiger partial charge on any atom is 0.312 e. The SMILES string of the molecule is CC.CCC.CCC.CCC.CCC(C)C(C(CC)OC)N(C)C(=O)CNC(=O)C(C(C)C)N(C)C.CCCC(=O)N1CCC(C=O)CC1.CCCNC(N)=O.COC(C(C)C(=O)NC(CN)Cc1ccc(NC(=O)CNC(=O)C(NC=O)C(C)C)cc1)C1CCCN1C=O. The number of piperidine rings is 1. The van der Waals surface area contributed by atoms with Crippen LogP contribution in [0.4, 0.5) is 10.5 Å². The Morgan fingerprint density at radius 2 is 1.24 bits per heavy atom. The van der Waals surface area contributed by atoms with Crippen molar-refractivity contribution in [2.45, 2.75) is 251 Å². The minimum absolute atomic E-state index is 0.000790. The molecule has 0 saturated carbocycles. The van der Waals surface area contributed by atoms with Crippen molar-refractivity contribution in [3.05, 3.63) is 29.8 Å². The lowest BCUT2D eigenvalue weighted by Crippen LogP contribution is -2.53. The molecule has 1 aromatic rings. The Bertz CT molecular complexity index is 2150. The van der Waals surface area contributed by atoms with E-state index in [9.17, 15) is 47.9 Å². The number of hydrogen-bond donors (Lipinski definition) is 8. The molecular formula is C71H138N12O12. The fraction of sp³-hybridized carbons (Fsp3) is 0.775. The highest BCUT2D eigenvalue weighted by Crippen LogP contribution is 2.26. The van der Waals surface area contributed by atoms with Gasteiger partial charge in [0.1, 0.15) is 12.3 Å². The molecule has 0 aromatic heterocycles. The van der Waals surface area contributed by atoms with Crippen LogP contribution in [0.3, 0.4) is 0 Å². The molecule has 10 amide bonds. The van der Waals surface area contributed by atoms with Gasteiger partial charge >= 0.3 is 6.03 Å². The van der Waals surface area contributed by atoms with Gasteiger partial charge in [-0.15, -0.1) is 0 Å². The summed E-state index contributed by atoms with van der Waals surface area (Å²) in [5.41, 5.74) is 12.1. The van der Waals surface area contributed by atoms with Gasteiger partial charge in [-0.3, -0.25) is 43.3 Å². The van der Waals surface area contributed by atoms with Crippen molar-refractivity contribution < 1.29 is 57.4 Å². The summed E-state index contributed by atoms with van der Waals surface area (Å²) in [6, 6.07) is 5.26. The van der Waals surface area contributed by atoms with Crippen molar-refractivity contribution in [1.82, 2.24) is 46.2 Å². The minimum atomic E-state index is -0.720. The van der Waals surface area contributed by atoms with Crippen LogP contribution in [-0.2, 0) is 59.0 Å². The van der Waals surface area contributed by atoms with Crippen molar-refractivity contribution in [2.24, 2.45) is 41.1 Å². The van der Waals surface area contributed by atoms with Crippen LogP contribution in [0, 0.1) is 29.6 Å². The van der Waals surface area contributed by atoms with Gasteiger partial charge in [0.15, 0.2) is 0 Å². The quantitative estimate of drug-likeness (QED) is 0.0315. The Labute approximate surface area is 575 Å². The normalized spacial score (nSPS) is 15.5. The number of carbonyl (C=O) groups excluding carboxylic acids is 10. The lowest BCUT2D eigenvalue weighted by Gasteiger charge is -2.37. The monoisotopic (exact) mass is 1350 g/mol. The van der Waals surface area contributed by atoms with Crippen LogP contribution in [0.2, 0.25) is 0 Å². The number of ether oxygens (including phenoxy) is 2. The number of methoxy groups -OCH3 is 2. The molecule has 0 radical (unpaired) electrons. The van der Waals surface area contributed by atoms with Crippen LogP contribution in [0.5, 0.6) is 0 Å². The van der Waals surface area contributed by atoms with E-state index in [-0.39, 0.29) is 91.3 Å². The highest BCUT2D eigenvalue weighted by Gasteiger charge is 2.38. The minimum Gasteiger partial charge on any atom is -0.379 e. The van der Waals surface area contributed by atoms with Gasteiger partial charge in [0, 0.05) is 78.1 Å². The second kappa shape index (κ2) is 61.4. The molecule has 24 nitrogen and oxygen atoms in total. The second-order valence-electron chi connectivity index (χ2n) is 24.6. The highest BCUT2D eigenvalue weighted by atomic mass is 16.5. The number of anilines is 1. The molecule has 3 rings (SSSR count). The van der Waals surface area contributed by atoms with Crippen LogP contribution in [0.15, 0.2) is 24.3 Å². The van der Waals surface area contributed by atoms with Gasteiger partial charge in [0.05, 0.1) is 49.3 Å². The molecular weight excluding hydrogens is 1210 g/mol. The van der Waals surface area contributed by atoms with Gasteiger partial charge in [-0.05, 0) is 101 Å². The number of benzene rings is 1. The van der Waals surface area contributed by atoms with Gasteiger partial charge in [-0.1, -0.05) is 162 Å². The first-order chi connectivity index (χ1) is 45.0. The van der Waals surface area contributed by atoms with Crippen molar-refractivity contribution >= 4 is 66.3 Å². The zero-order valence-corrected chi connectivity index (χ0v) is 63.5. The van der Waals surface area contributed by atoms with Crippen molar-refractivity contribution in [2.75, 3.05) is 86.5 Å². The van der Waals surface area contributed by atoms with Crippen LogP contribution in [0.25, 0.3) is 0 Å². The highest BCUT2D eigenvalue weighted by molar-refractivity contribution is 5.95. The molecule has 2 fully saturated rings. The lowest BCUT2D eigenvalue weighted by atomic mass is 9.91. The maximum absolute atomic E-state index is 13.0. The number of nitrogens with zero attached hydrogens (tertiary/aromatic N) is 4. The molecule has 24 heteroatoms. The first-order valence-corrected chi connectivity index (χ1v) is 35.1. The van der Waals surface area contributed by atoms with E-state index in [2.05, 4.69) is 94.2 Å². The number of amides is 10. The van der Waals surface area contributed by atoms with Crippen LogP contribution in [0.1, 0.15) is 207 Å². The lowest BCUT2D eigenvalue weighted by molar-refractivity contribution is -0.138. The molecule has 0 spiro atoms. The Kier molecular flexibility index (Phi) is 62.9. The van der Waals surface area contributed by atoms with Crippen molar-refractivity contribution in [3.63, 3.8) is 0 Å². The number of carbonyl (C=O) groups is 10. The second-order valence-corrected chi connectivity index (χ2v) is 24.6. The molecule has 9 unspecified atom stereocenters. The molecule has 2 heterocycles. The van der Waals surface area contributed by atoms with Crippen LogP contribution >= 0.6 is 0 Å². The molecule has 554 valence electrons. The predicted octanol–water partition coefficient (Wildman–Crippen LogP) is 8.32. The molecule has 1 aromatic carbocycles. The zero-order chi connectivity index (χ0) is 74.2. The predicted molar refractivity (Wildman–Crippen MR) is 386 cm³/mol. The fourth-order valence-electron chi connectivity index (χ4n) is 10.2. The number of aldehydes is 1. The average molecular weight is 1350 g/mol. The molecule has 0 aliphatic carbocycles. The topological polar surface area (TPSA) is 326 Å². The van der Waals surface area contributed by atoms with Crippen molar-refractivity contribution in [1.29, 1.82) is 0 Å². The number of hydrogen-bond acceptors (Lipinski definition) is 14. The third kappa shape index (κ3) is 43.5. The van der Waals surface area contributed by atoms with Crippen LogP contribution < -0.4 is 43.4 Å². The van der Waals surface area contributed by atoms with E-state index in [1.54, 1.807) is 64.0 Å². The van der Waals surface area contributed by atoms with E-state index < -0.39 is 35.9 Å². The summed E-state index contributed by atoms with van der Waals surface area (Å²) in [5, 5.41) is 15.9. The number of urea groups is 1. The van der Waals surface area contributed by atoms with Crippen molar-refractivity contribution in [3.8, 4) is 0 Å². The summed E-state index contributed by atoms with van der Waals surface area (Å²) in [7, 11) is 8.80. The first kappa shape index (κ1) is 97.4. The number of likely N-dealkylation sites (N-methyl/N-ethyl adjacent to an activating group) is 2. The molecule has 9 atom stereocenters. The smallest absolute Gasteiger partial charge is 0.312 e. The third-order valence-corrected chi connectivity index (χ3v) is 15.1. The Morgan fingerprint density at radius 3 is 1.64 bits per heavy atom. The summed E-state index contributed by atoms with van der Waals surface area (Å²) in [6.07, 6.45) is 13.8. The summed E-state index contributed by atoms with van der Waals surface area (Å²) < 4.78 is 11.2. The van der Waals surface area contributed by atoms with Crippen LogP contribution in [-0.4, -0.2) is 204 Å². The summed E-state index contributed by atoms with van der Waals surface area (Å²) in [6.45, 7) is 39.3. The third-order valence-electron chi connectivity index (χ3n) is 15.1. The summed E-state index contributed by atoms with van der Waals surface area (Å²) in [4.78, 5) is 124. The molecule has 2 aliphatic rings. The number of nitrogens with one attached hydrogen (secondary N) is 6. The Hall–Kier alpha value is -6.24.